The van der Waals surface area contributed by atoms with Gasteiger partial charge >= 0.3 is 0 Å². The molecule has 0 radical (unpaired) electrons. The van der Waals surface area contributed by atoms with Gasteiger partial charge in [-0.2, -0.15) is 0 Å². The lowest BCUT2D eigenvalue weighted by atomic mass is 10.1. The number of rotatable bonds is 4. The molecule has 2 nitrogen and oxygen atoms in total. The van der Waals surface area contributed by atoms with Crippen LogP contribution in [0.15, 0.2) is 42.5 Å². The maximum atomic E-state index is 9.61. The van der Waals surface area contributed by atoms with Crippen molar-refractivity contribution in [2.45, 2.75) is 12.5 Å². The highest BCUT2D eigenvalue weighted by molar-refractivity contribution is 5.17. The quantitative estimate of drug-likeness (QED) is 0.688. The van der Waals surface area contributed by atoms with E-state index >= 15 is 0 Å². The zero-order valence-corrected chi connectivity index (χ0v) is 7.43. The van der Waals surface area contributed by atoms with Gasteiger partial charge in [0, 0.05) is 0 Å². The molecule has 0 fully saturated rings. The Balaban J connectivity index is 2.49. The molecule has 0 amide bonds. The molecule has 0 spiro atoms. The molecule has 13 heavy (non-hydrogen) atoms. The first-order valence-corrected chi connectivity index (χ1v) is 4.33. The lowest BCUT2D eigenvalue weighted by Crippen LogP contribution is -1.94. The van der Waals surface area contributed by atoms with Crippen molar-refractivity contribution in [1.82, 2.24) is 0 Å². The lowest BCUT2D eigenvalue weighted by Gasteiger charge is -2.06. The van der Waals surface area contributed by atoms with Crippen molar-refractivity contribution >= 4 is 0 Å². The number of benzene rings is 1. The highest BCUT2D eigenvalue weighted by Gasteiger charge is 2.02. The van der Waals surface area contributed by atoms with Crippen LogP contribution < -0.4 is 0 Å². The minimum atomic E-state index is -0.469. The van der Waals surface area contributed by atoms with E-state index < -0.39 is 6.10 Å². The van der Waals surface area contributed by atoms with Gasteiger partial charge in [0.15, 0.2) is 0 Å². The van der Waals surface area contributed by atoms with Gasteiger partial charge in [-0.25, -0.2) is 0 Å². The second kappa shape index (κ2) is 5.51. The first kappa shape index (κ1) is 9.96. The van der Waals surface area contributed by atoms with Crippen molar-refractivity contribution in [3.05, 3.63) is 48.0 Å². The molecule has 0 saturated carbocycles. The van der Waals surface area contributed by atoms with Gasteiger partial charge in [-0.1, -0.05) is 42.5 Å². The normalized spacial score (nSPS) is 13.4. The summed E-state index contributed by atoms with van der Waals surface area (Å²) < 4.78 is 0. The highest BCUT2D eigenvalue weighted by Crippen LogP contribution is 2.15. The van der Waals surface area contributed by atoms with E-state index in [1.54, 1.807) is 12.2 Å². The molecule has 1 aromatic carbocycles. The second-order valence-electron chi connectivity index (χ2n) is 2.82. The van der Waals surface area contributed by atoms with Crippen LogP contribution in [0.4, 0.5) is 0 Å². The van der Waals surface area contributed by atoms with Gasteiger partial charge in [0.1, 0.15) is 0 Å². The molecule has 0 saturated heterocycles. The first-order valence-electron chi connectivity index (χ1n) is 4.33. The number of aliphatic hydroxyl groups is 2. The largest absolute Gasteiger partial charge is 0.392 e. The van der Waals surface area contributed by atoms with Crippen molar-refractivity contribution in [2.75, 3.05) is 6.61 Å². The molecule has 0 aliphatic heterocycles. The molecule has 0 heterocycles. The second-order valence-corrected chi connectivity index (χ2v) is 2.82. The summed E-state index contributed by atoms with van der Waals surface area (Å²) in [6, 6.07) is 9.48. The van der Waals surface area contributed by atoms with Crippen LogP contribution in [0.25, 0.3) is 0 Å². The van der Waals surface area contributed by atoms with E-state index in [-0.39, 0.29) is 6.61 Å². The maximum Gasteiger partial charge on any atom is 0.0824 e. The fraction of sp³-hybridized carbons (Fsp3) is 0.273. The average molecular weight is 178 g/mol. The zero-order valence-electron chi connectivity index (χ0n) is 7.43. The molecule has 1 rings (SSSR count). The molecule has 1 aromatic rings. The predicted molar refractivity (Wildman–Crippen MR) is 52.2 cm³/mol. The molecular formula is C11H14O2. The summed E-state index contributed by atoms with van der Waals surface area (Å²) in [5, 5.41) is 18.1. The van der Waals surface area contributed by atoms with E-state index in [1.165, 1.54) is 0 Å². The monoisotopic (exact) mass is 178 g/mol. The Labute approximate surface area is 78.2 Å². The molecule has 2 N–H and O–H groups in total. The van der Waals surface area contributed by atoms with Crippen LogP contribution in [0.3, 0.4) is 0 Å². The van der Waals surface area contributed by atoms with Crippen molar-refractivity contribution in [1.29, 1.82) is 0 Å². The van der Waals surface area contributed by atoms with Crippen LogP contribution in [0.5, 0.6) is 0 Å². The molecule has 0 bridgehead atoms. The Kier molecular flexibility index (Phi) is 4.23. The summed E-state index contributed by atoms with van der Waals surface area (Å²) in [5.74, 6) is 0. The van der Waals surface area contributed by atoms with Crippen LogP contribution in [-0.2, 0) is 0 Å². The van der Waals surface area contributed by atoms with E-state index in [0.717, 1.165) is 5.56 Å². The molecular weight excluding hydrogens is 164 g/mol. The van der Waals surface area contributed by atoms with Gasteiger partial charge in [0.25, 0.3) is 0 Å². The number of hydrogen-bond donors (Lipinski definition) is 2. The third-order valence-corrected chi connectivity index (χ3v) is 1.82. The zero-order chi connectivity index (χ0) is 9.52. The summed E-state index contributed by atoms with van der Waals surface area (Å²) in [4.78, 5) is 0. The van der Waals surface area contributed by atoms with Crippen LogP contribution in [-0.4, -0.2) is 16.8 Å². The van der Waals surface area contributed by atoms with E-state index in [9.17, 15) is 5.11 Å². The summed E-state index contributed by atoms with van der Waals surface area (Å²) >= 11 is 0. The van der Waals surface area contributed by atoms with Crippen molar-refractivity contribution in [2.24, 2.45) is 0 Å². The predicted octanol–water partition coefficient (Wildman–Crippen LogP) is 1.66. The molecule has 0 aliphatic carbocycles. The van der Waals surface area contributed by atoms with Crippen LogP contribution in [0.1, 0.15) is 18.1 Å². The average Bonchev–Trinajstić information content (AvgIpc) is 2.19. The summed E-state index contributed by atoms with van der Waals surface area (Å²) in [6.07, 6.45) is 3.48. The molecule has 0 aromatic heterocycles. The van der Waals surface area contributed by atoms with Crippen molar-refractivity contribution in [3.8, 4) is 0 Å². The number of hydrogen-bond acceptors (Lipinski definition) is 2. The van der Waals surface area contributed by atoms with Gasteiger partial charge in [-0.3, -0.25) is 0 Å². The molecule has 1 unspecified atom stereocenters. The van der Waals surface area contributed by atoms with Crippen molar-refractivity contribution < 1.29 is 10.2 Å². The SMILES string of the molecule is OC/C=C/CC(O)c1ccccc1. The van der Waals surface area contributed by atoms with E-state index in [4.69, 9.17) is 5.11 Å². The minimum Gasteiger partial charge on any atom is -0.392 e. The van der Waals surface area contributed by atoms with Gasteiger partial charge in [0.05, 0.1) is 12.7 Å². The fourth-order valence-electron chi connectivity index (χ4n) is 1.11. The topological polar surface area (TPSA) is 40.5 Å². The van der Waals surface area contributed by atoms with Crippen LogP contribution in [0.2, 0.25) is 0 Å². The van der Waals surface area contributed by atoms with Crippen molar-refractivity contribution in [3.63, 3.8) is 0 Å². The van der Waals surface area contributed by atoms with E-state index in [1.807, 2.05) is 30.3 Å². The molecule has 2 heteroatoms. The smallest absolute Gasteiger partial charge is 0.0824 e. The van der Waals surface area contributed by atoms with Crippen LogP contribution in [0, 0.1) is 0 Å². The van der Waals surface area contributed by atoms with Crippen LogP contribution >= 0.6 is 0 Å². The first-order chi connectivity index (χ1) is 6.34. The number of aliphatic hydroxyl groups excluding tert-OH is 2. The third kappa shape index (κ3) is 3.40. The third-order valence-electron chi connectivity index (χ3n) is 1.82. The summed E-state index contributed by atoms with van der Waals surface area (Å²) in [7, 11) is 0. The van der Waals surface area contributed by atoms with Gasteiger partial charge in [-0.05, 0) is 12.0 Å². The summed E-state index contributed by atoms with van der Waals surface area (Å²) in [5.41, 5.74) is 0.907. The van der Waals surface area contributed by atoms with E-state index in [2.05, 4.69) is 0 Å². The Hall–Kier alpha value is -1.12. The van der Waals surface area contributed by atoms with Gasteiger partial charge in [0.2, 0.25) is 0 Å². The Morgan fingerprint density at radius 2 is 1.85 bits per heavy atom. The highest BCUT2D eigenvalue weighted by atomic mass is 16.3. The standard InChI is InChI=1S/C11H14O2/c12-9-5-4-8-11(13)10-6-2-1-3-7-10/h1-7,11-13H,8-9H2/b5-4+. The fourth-order valence-corrected chi connectivity index (χ4v) is 1.11. The summed E-state index contributed by atoms with van der Waals surface area (Å²) in [6.45, 7) is 0.0293. The Morgan fingerprint density at radius 3 is 2.46 bits per heavy atom. The molecule has 70 valence electrons. The maximum absolute atomic E-state index is 9.61. The van der Waals surface area contributed by atoms with E-state index in [0.29, 0.717) is 6.42 Å². The Bertz CT molecular complexity index is 254. The molecule has 0 aliphatic rings. The minimum absolute atomic E-state index is 0.0293. The van der Waals surface area contributed by atoms with Gasteiger partial charge in [-0.15, -0.1) is 0 Å². The lowest BCUT2D eigenvalue weighted by molar-refractivity contribution is 0.181. The van der Waals surface area contributed by atoms with Gasteiger partial charge < -0.3 is 10.2 Å². The Morgan fingerprint density at radius 1 is 1.15 bits per heavy atom. The molecule has 1 atom stereocenters.